The lowest BCUT2D eigenvalue weighted by atomic mass is 10.1. The zero-order valence-corrected chi connectivity index (χ0v) is 13.3. The van der Waals surface area contributed by atoms with Crippen LogP contribution in [0.3, 0.4) is 0 Å². The van der Waals surface area contributed by atoms with Gasteiger partial charge in [-0.25, -0.2) is 19.3 Å². The molecule has 0 amide bonds. The summed E-state index contributed by atoms with van der Waals surface area (Å²) in [6.07, 6.45) is 4.54. The third-order valence-corrected chi connectivity index (χ3v) is 4.04. The molecule has 1 aliphatic heterocycles. The normalized spacial score (nSPS) is 18.6. The summed E-state index contributed by atoms with van der Waals surface area (Å²) in [5.74, 6) is 1.07. The van der Waals surface area contributed by atoms with Crippen molar-refractivity contribution < 1.29 is 9.50 Å². The van der Waals surface area contributed by atoms with Crippen LogP contribution < -0.4 is 9.80 Å². The highest BCUT2D eigenvalue weighted by Crippen LogP contribution is 2.21. The molecule has 22 heavy (non-hydrogen) atoms. The van der Waals surface area contributed by atoms with E-state index >= 15 is 0 Å². The zero-order valence-electron chi connectivity index (χ0n) is 11.7. The van der Waals surface area contributed by atoms with Gasteiger partial charge in [0.1, 0.15) is 22.1 Å². The first-order valence-electron chi connectivity index (χ1n) is 6.89. The minimum Gasteiger partial charge on any atom is -0.394 e. The predicted molar refractivity (Wildman–Crippen MR) is 84.4 cm³/mol. The Morgan fingerprint density at radius 1 is 1.14 bits per heavy atom. The Morgan fingerprint density at radius 3 is 2.59 bits per heavy atom. The van der Waals surface area contributed by atoms with Crippen LogP contribution in [0.5, 0.6) is 0 Å². The van der Waals surface area contributed by atoms with E-state index in [2.05, 4.69) is 35.8 Å². The molecule has 8 heteroatoms. The Labute approximate surface area is 135 Å². The van der Waals surface area contributed by atoms with E-state index < -0.39 is 0 Å². The van der Waals surface area contributed by atoms with Crippen LogP contribution in [0.1, 0.15) is 0 Å². The molecule has 1 atom stereocenters. The van der Waals surface area contributed by atoms with Gasteiger partial charge in [0.15, 0.2) is 0 Å². The molecule has 2 aromatic heterocycles. The molecule has 3 heterocycles. The van der Waals surface area contributed by atoms with Gasteiger partial charge in [-0.2, -0.15) is 0 Å². The molecule has 0 bridgehead atoms. The van der Waals surface area contributed by atoms with Crippen LogP contribution in [0.4, 0.5) is 16.0 Å². The van der Waals surface area contributed by atoms with E-state index in [0.717, 1.165) is 12.4 Å². The Morgan fingerprint density at radius 2 is 1.95 bits per heavy atom. The number of rotatable bonds is 3. The minimum atomic E-state index is -0.368. The maximum absolute atomic E-state index is 13.0. The Balaban J connectivity index is 1.76. The maximum Gasteiger partial charge on any atom is 0.147 e. The van der Waals surface area contributed by atoms with Crippen LogP contribution in [-0.4, -0.2) is 52.3 Å². The van der Waals surface area contributed by atoms with Crippen molar-refractivity contribution in [3.05, 3.63) is 41.1 Å². The van der Waals surface area contributed by atoms with Gasteiger partial charge in [0, 0.05) is 19.6 Å². The Kier molecular flexibility index (Phi) is 4.49. The third-order valence-electron chi connectivity index (χ3n) is 3.63. The van der Waals surface area contributed by atoms with Crippen molar-refractivity contribution >= 4 is 27.6 Å². The summed E-state index contributed by atoms with van der Waals surface area (Å²) in [4.78, 5) is 16.7. The highest BCUT2D eigenvalue weighted by atomic mass is 79.9. The van der Waals surface area contributed by atoms with E-state index in [9.17, 15) is 9.50 Å². The molecule has 1 fully saturated rings. The zero-order chi connectivity index (χ0) is 15.5. The van der Waals surface area contributed by atoms with Gasteiger partial charge in [-0.15, -0.1) is 0 Å². The standard InChI is InChI=1S/C14H15BrFN5O/c15-12-6-19-14(7-17-12)20-3-4-21(11(8-20)9-22)13-2-1-10(16)5-18-13/h1-2,5-7,11,22H,3-4,8-9H2/t11-/m1/s1. The molecule has 0 spiro atoms. The van der Waals surface area contributed by atoms with Crippen molar-refractivity contribution in [2.45, 2.75) is 6.04 Å². The molecule has 116 valence electrons. The summed E-state index contributed by atoms with van der Waals surface area (Å²) in [6.45, 7) is 1.98. The molecule has 2 aromatic rings. The van der Waals surface area contributed by atoms with Gasteiger partial charge in [-0.1, -0.05) is 0 Å². The Hall–Kier alpha value is -1.80. The number of halogens is 2. The summed E-state index contributed by atoms with van der Waals surface area (Å²) in [5, 5.41) is 9.67. The molecule has 0 radical (unpaired) electrons. The number of nitrogens with zero attached hydrogens (tertiary/aromatic N) is 5. The van der Waals surface area contributed by atoms with Crippen molar-refractivity contribution in [1.29, 1.82) is 0 Å². The second-order valence-electron chi connectivity index (χ2n) is 5.01. The number of hydrogen-bond acceptors (Lipinski definition) is 6. The molecule has 0 aromatic carbocycles. The van der Waals surface area contributed by atoms with Crippen LogP contribution in [0.15, 0.2) is 35.3 Å². The van der Waals surface area contributed by atoms with E-state index in [1.165, 1.54) is 12.3 Å². The molecule has 1 aliphatic rings. The van der Waals surface area contributed by atoms with Crippen LogP contribution in [-0.2, 0) is 0 Å². The van der Waals surface area contributed by atoms with Crippen LogP contribution in [0, 0.1) is 5.82 Å². The molecular weight excluding hydrogens is 353 g/mol. The van der Waals surface area contributed by atoms with Gasteiger partial charge in [0.2, 0.25) is 0 Å². The van der Waals surface area contributed by atoms with E-state index in [1.807, 2.05) is 4.90 Å². The fraction of sp³-hybridized carbons (Fsp3) is 0.357. The van der Waals surface area contributed by atoms with Gasteiger partial charge >= 0.3 is 0 Å². The topological polar surface area (TPSA) is 65.4 Å². The first kappa shape index (κ1) is 15.1. The molecule has 0 unspecified atom stereocenters. The first-order valence-corrected chi connectivity index (χ1v) is 7.68. The van der Waals surface area contributed by atoms with Crippen LogP contribution >= 0.6 is 15.9 Å². The van der Waals surface area contributed by atoms with Crippen molar-refractivity contribution in [3.8, 4) is 0 Å². The number of aliphatic hydroxyl groups is 1. The van der Waals surface area contributed by atoms with Gasteiger partial charge in [0.05, 0.1) is 31.2 Å². The smallest absolute Gasteiger partial charge is 0.147 e. The van der Waals surface area contributed by atoms with Crippen molar-refractivity contribution in [3.63, 3.8) is 0 Å². The lowest BCUT2D eigenvalue weighted by molar-refractivity contribution is 0.252. The van der Waals surface area contributed by atoms with Crippen molar-refractivity contribution in [2.24, 2.45) is 0 Å². The summed E-state index contributed by atoms with van der Waals surface area (Å²) in [7, 11) is 0. The highest BCUT2D eigenvalue weighted by Gasteiger charge is 2.28. The van der Waals surface area contributed by atoms with E-state index in [1.54, 1.807) is 18.5 Å². The number of aliphatic hydroxyl groups excluding tert-OH is 1. The van der Waals surface area contributed by atoms with Crippen molar-refractivity contribution in [1.82, 2.24) is 15.0 Å². The third kappa shape index (κ3) is 3.17. The fourth-order valence-electron chi connectivity index (χ4n) is 2.53. The Bertz CT molecular complexity index is 624. The molecule has 6 nitrogen and oxygen atoms in total. The molecule has 1 N–H and O–H groups in total. The lowest BCUT2D eigenvalue weighted by Gasteiger charge is -2.41. The average molecular weight is 368 g/mol. The number of aromatic nitrogens is 3. The molecular formula is C14H15BrFN5O. The van der Waals surface area contributed by atoms with Crippen LogP contribution in [0.25, 0.3) is 0 Å². The number of anilines is 2. The predicted octanol–water partition coefficient (Wildman–Crippen LogP) is 1.46. The monoisotopic (exact) mass is 367 g/mol. The van der Waals surface area contributed by atoms with Gasteiger partial charge in [-0.05, 0) is 28.1 Å². The molecule has 0 saturated carbocycles. The van der Waals surface area contributed by atoms with E-state index in [-0.39, 0.29) is 18.5 Å². The maximum atomic E-state index is 13.0. The molecule has 0 aliphatic carbocycles. The minimum absolute atomic E-state index is 0.0144. The van der Waals surface area contributed by atoms with Crippen LogP contribution in [0.2, 0.25) is 0 Å². The summed E-state index contributed by atoms with van der Waals surface area (Å²) in [6, 6.07) is 2.88. The number of pyridine rings is 1. The van der Waals surface area contributed by atoms with Crippen molar-refractivity contribution in [2.75, 3.05) is 36.0 Å². The molecule has 1 saturated heterocycles. The quantitative estimate of drug-likeness (QED) is 0.885. The second-order valence-corrected chi connectivity index (χ2v) is 5.82. The van der Waals surface area contributed by atoms with Gasteiger partial charge < -0.3 is 14.9 Å². The lowest BCUT2D eigenvalue weighted by Crippen LogP contribution is -2.55. The summed E-state index contributed by atoms with van der Waals surface area (Å²) < 4.78 is 13.7. The first-order chi connectivity index (χ1) is 10.7. The molecule has 3 rings (SSSR count). The number of hydrogen-bond donors (Lipinski definition) is 1. The van der Waals surface area contributed by atoms with Gasteiger partial charge in [-0.3, -0.25) is 0 Å². The fourth-order valence-corrected chi connectivity index (χ4v) is 2.73. The van der Waals surface area contributed by atoms with E-state index in [0.29, 0.717) is 23.5 Å². The average Bonchev–Trinajstić information content (AvgIpc) is 2.56. The SMILES string of the molecule is OC[C@H]1CN(c2cnc(Br)cn2)CCN1c1ccc(F)cn1. The number of piperazine rings is 1. The van der Waals surface area contributed by atoms with E-state index in [4.69, 9.17) is 0 Å². The second kappa shape index (κ2) is 6.53. The largest absolute Gasteiger partial charge is 0.394 e. The highest BCUT2D eigenvalue weighted by molar-refractivity contribution is 9.10. The van der Waals surface area contributed by atoms with Gasteiger partial charge in [0.25, 0.3) is 0 Å². The summed E-state index contributed by atoms with van der Waals surface area (Å²) in [5.41, 5.74) is 0. The summed E-state index contributed by atoms with van der Waals surface area (Å²) >= 11 is 3.26.